The molecule has 0 N–H and O–H groups in total. The van der Waals surface area contributed by atoms with Crippen molar-refractivity contribution in [3.05, 3.63) is 114 Å². The molecule has 0 aliphatic rings. The van der Waals surface area contributed by atoms with Gasteiger partial charge in [-0.15, -0.1) is 0 Å². The van der Waals surface area contributed by atoms with Crippen molar-refractivity contribution in [2.24, 2.45) is 0 Å². The number of hydrogen-bond donors (Lipinski definition) is 0. The normalized spacial score (nSPS) is 11.8. The highest BCUT2D eigenvalue weighted by atomic mass is 32.2. The van der Waals surface area contributed by atoms with Gasteiger partial charge in [0.05, 0.1) is 5.56 Å². The van der Waals surface area contributed by atoms with E-state index in [2.05, 4.69) is 61.2 Å². The lowest BCUT2D eigenvalue weighted by Gasteiger charge is -2.14. The van der Waals surface area contributed by atoms with Gasteiger partial charge in [0.25, 0.3) is 0 Å². The molecular weight excluding hydrogens is 388 g/mol. The number of fused-ring (bicyclic) bond motifs is 1. The zero-order chi connectivity index (χ0) is 20.9. The molecule has 0 saturated heterocycles. The Labute approximate surface area is 181 Å². The number of rotatable bonds is 6. The van der Waals surface area contributed by atoms with E-state index in [-0.39, 0.29) is 12.1 Å². The number of benzene rings is 4. The third-order valence-corrected chi connectivity index (χ3v) is 5.97. The van der Waals surface area contributed by atoms with Crippen LogP contribution in [0.5, 0.6) is 0 Å². The molecule has 0 fully saturated rings. The fraction of sp³-hybridized carbons (Fsp3) is 0.0741. The van der Waals surface area contributed by atoms with Crippen molar-refractivity contribution in [3.8, 4) is 0 Å². The highest BCUT2D eigenvalue weighted by Crippen LogP contribution is 2.31. The van der Waals surface area contributed by atoms with E-state index >= 15 is 0 Å². The van der Waals surface area contributed by atoms with Crippen LogP contribution in [0.2, 0.25) is 0 Å². The second kappa shape index (κ2) is 9.02. The SMILES string of the molecule is C=Cc1ccc(C(=O)OC(C)c2ccc(Sc3ccc4ccccc4c3)cc2)cc1. The van der Waals surface area contributed by atoms with Crippen molar-refractivity contribution in [1.29, 1.82) is 0 Å². The van der Waals surface area contributed by atoms with Crippen molar-refractivity contribution in [1.82, 2.24) is 0 Å². The van der Waals surface area contributed by atoms with Crippen LogP contribution in [0.3, 0.4) is 0 Å². The molecule has 1 unspecified atom stereocenters. The lowest BCUT2D eigenvalue weighted by Crippen LogP contribution is -2.09. The first-order chi connectivity index (χ1) is 14.6. The summed E-state index contributed by atoms with van der Waals surface area (Å²) in [5.41, 5.74) is 2.48. The molecule has 0 heterocycles. The standard InChI is InChI=1S/C27H22O2S/c1-3-20-8-10-23(11-9-20)27(28)29-19(2)21-12-15-25(16-13-21)30-26-17-14-22-6-4-5-7-24(22)18-26/h3-19H,1H2,2H3. The number of hydrogen-bond acceptors (Lipinski definition) is 3. The molecule has 0 aliphatic carbocycles. The van der Waals surface area contributed by atoms with Gasteiger partial charge in [0, 0.05) is 9.79 Å². The Balaban J connectivity index is 1.41. The summed E-state index contributed by atoms with van der Waals surface area (Å²) in [6.45, 7) is 5.61. The summed E-state index contributed by atoms with van der Waals surface area (Å²) in [6, 6.07) is 30.2. The second-order valence-electron chi connectivity index (χ2n) is 7.05. The zero-order valence-corrected chi connectivity index (χ0v) is 17.6. The lowest BCUT2D eigenvalue weighted by atomic mass is 10.1. The summed E-state index contributed by atoms with van der Waals surface area (Å²) in [5, 5.41) is 2.48. The predicted octanol–water partition coefficient (Wildman–Crippen LogP) is 7.55. The van der Waals surface area contributed by atoms with Crippen LogP contribution in [-0.4, -0.2) is 5.97 Å². The summed E-state index contributed by atoms with van der Waals surface area (Å²) in [7, 11) is 0. The molecule has 4 aromatic carbocycles. The van der Waals surface area contributed by atoms with E-state index in [0.29, 0.717) is 5.56 Å². The third kappa shape index (κ3) is 4.64. The summed E-state index contributed by atoms with van der Waals surface area (Å²) >= 11 is 1.72. The number of esters is 1. The first kappa shape index (κ1) is 20.0. The van der Waals surface area contributed by atoms with E-state index in [9.17, 15) is 4.79 Å². The van der Waals surface area contributed by atoms with E-state index in [1.165, 1.54) is 15.7 Å². The molecule has 148 valence electrons. The van der Waals surface area contributed by atoms with Crippen LogP contribution >= 0.6 is 11.8 Å². The Kier molecular flexibility index (Phi) is 6.01. The van der Waals surface area contributed by atoms with Gasteiger partial charge in [0.15, 0.2) is 0 Å². The molecule has 3 heteroatoms. The fourth-order valence-corrected chi connectivity index (χ4v) is 4.09. The lowest BCUT2D eigenvalue weighted by molar-refractivity contribution is 0.0338. The van der Waals surface area contributed by atoms with Gasteiger partial charge in [-0.05, 0) is 65.2 Å². The Morgan fingerprint density at radius 3 is 2.23 bits per heavy atom. The molecular formula is C27H22O2S. The van der Waals surface area contributed by atoms with E-state index in [1.807, 2.05) is 31.2 Å². The highest BCUT2D eigenvalue weighted by Gasteiger charge is 2.14. The van der Waals surface area contributed by atoms with Gasteiger partial charge in [-0.25, -0.2) is 4.79 Å². The van der Waals surface area contributed by atoms with Crippen molar-refractivity contribution in [3.63, 3.8) is 0 Å². The second-order valence-corrected chi connectivity index (χ2v) is 8.20. The molecule has 0 saturated carbocycles. The number of carbonyl (C=O) groups is 1. The van der Waals surface area contributed by atoms with Crippen LogP contribution < -0.4 is 0 Å². The molecule has 4 aromatic rings. The Morgan fingerprint density at radius 1 is 0.867 bits per heavy atom. The van der Waals surface area contributed by atoms with Crippen molar-refractivity contribution in [2.45, 2.75) is 22.8 Å². The molecule has 0 amide bonds. The number of carbonyl (C=O) groups excluding carboxylic acids is 1. The smallest absolute Gasteiger partial charge is 0.338 e. The van der Waals surface area contributed by atoms with Crippen LogP contribution in [0.1, 0.15) is 34.5 Å². The average molecular weight is 411 g/mol. The van der Waals surface area contributed by atoms with Crippen molar-refractivity contribution in [2.75, 3.05) is 0 Å². The third-order valence-electron chi connectivity index (χ3n) is 4.97. The van der Waals surface area contributed by atoms with Crippen LogP contribution in [0.25, 0.3) is 16.8 Å². The van der Waals surface area contributed by atoms with E-state index in [1.54, 1.807) is 30.0 Å². The van der Waals surface area contributed by atoms with Gasteiger partial charge in [0.2, 0.25) is 0 Å². The van der Waals surface area contributed by atoms with Crippen molar-refractivity contribution >= 4 is 34.6 Å². The average Bonchev–Trinajstić information content (AvgIpc) is 2.79. The van der Waals surface area contributed by atoms with E-state index in [4.69, 9.17) is 4.74 Å². The largest absolute Gasteiger partial charge is 0.454 e. The molecule has 0 aliphatic heterocycles. The van der Waals surface area contributed by atoms with Crippen LogP contribution in [-0.2, 0) is 4.74 Å². The summed E-state index contributed by atoms with van der Waals surface area (Å²) in [5.74, 6) is -0.326. The molecule has 0 radical (unpaired) electrons. The van der Waals surface area contributed by atoms with Crippen molar-refractivity contribution < 1.29 is 9.53 Å². The minimum absolute atomic E-state index is 0.323. The Hall–Kier alpha value is -3.30. The van der Waals surface area contributed by atoms with Gasteiger partial charge in [-0.1, -0.05) is 79.0 Å². The summed E-state index contributed by atoms with van der Waals surface area (Å²) < 4.78 is 5.63. The molecule has 0 spiro atoms. The molecule has 1 atom stereocenters. The first-order valence-corrected chi connectivity index (χ1v) is 10.6. The monoisotopic (exact) mass is 410 g/mol. The predicted molar refractivity (Wildman–Crippen MR) is 125 cm³/mol. The number of ether oxygens (including phenoxy) is 1. The maximum atomic E-state index is 12.4. The first-order valence-electron chi connectivity index (χ1n) is 9.82. The van der Waals surface area contributed by atoms with Crippen LogP contribution in [0.4, 0.5) is 0 Å². The van der Waals surface area contributed by atoms with Gasteiger partial charge in [-0.3, -0.25) is 0 Å². The maximum Gasteiger partial charge on any atom is 0.338 e. The quantitative estimate of drug-likeness (QED) is 0.307. The Bertz CT molecular complexity index is 1180. The van der Waals surface area contributed by atoms with Crippen LogP contribution in [0, 0.1) is 0 Å². The highest BCUT2D eigenvalue weighted by molar-refractivity contribution is 7.99. The van der Waals surface area contributed by atoms with Gasteiger partial charge in [0.1, 0.15) is 6.10 Å². The van der Waals surface area contributed by atoms with Crippen LogP contribution in [0.15, 0.2) is 107 Å². The van der Waals surface area contributed by atoms with Gasteiger partial charge in [-0.2, -0.15) is 0 Å². The molecule has 0 aromatic heterocycles. The summed E-state index contributed by atoms with van der Waals surface area (Å²) in [6.07, 6.45) is 1.42. The van der Waals surface area contributed by atoms with E-state index in [0.717, 1.165) is 16.0 Å². The molecule has 4 rings (SSSR count). The minimum atomic E-state index is -0.326. The Morgan fingerprint density at radius 2 is 1.53 bits per heavy atom. The van der Waals surface area contributed by atoms with Gasteiger partial charge >= 0.3 is 5.97 Å². The zero-order valence-electron chi connectivity index (χ0n) is 16.7. The minimum Gasteiger partial charge on any atom is -0.454 e. The van der Waals surface area contributed by atoms with E-state index < -0.39 is 0 Å². The molecule has 0 bridgehead atoms. The topological polar surface area (TPSA) is 26.3 Å². The fourth-order valence-electron chi connectivity index (χ4n) is 3.23. The molecule has 30 heavy (non-hydrogen) atoms. The van der Waals surface area contributed by atoms with Gasteiger partial charge < -0.3 is 4.74 Å². The maximum absolute atomic E-state index is 12.4. The molecule has 2 nitrogen and oxygen atoms in total. The summed E-state index contributed by atoms with van der Waals surface area (Å²) in [4.78, 5) is 14.7.